The van der Waals surface area contributed by atoms with Crippen LogP contribution in [0.1, 0.15) is 24.4 Å². The van der Waals surface area contributed by atoms with Gasteiger partial charge in [0.25, 0.3) is 0 Å². The van der Waals surface area contributed by atoms with Crippen LogP contribution >= 0.6 is 0 Å². The van der Waals surface area contributed by atoms with Crippen LogP contribution < -0.4 is 15.2 Å². The number of methoxy groups -OCH3 is 1. The van der Waals surface area contributed by atoms with Crippen molar-refractivity contribution in [1.29, 1.82) is 0 Å². The number of hydrogen-bond acceptors (Lipinski definition) is 5. The zero-order valence-electron chi connectivity index (χ0n) is 11.4. The van der Waals surface area contributed by atoms with Crippen LogP contribution in [0, 0.1) is 0 Å². The summed E-state index contributed by atoms with van der Waals surface area (Å²) in [5.74, 6) is 0.240. The highest BCUT2D eigenvalue weighted by atomic mass is 16.6. The minimum atomic E-state index is -0.931. The molecule has 0 spiro atoms. The van der Waals surface area contributed by atoms with Crippen LogP contribution in [0.3, 0.4) is 0 Å². The van der Waals surface area contributed by atoms with Crippen molar-refractivity contribution >= 4 is 5.97 Å². The van der Waals surface area contributed by atoms with Crippen molar-refractivity contribution in [2.75, 3.05) is 20.3 Å². The molecule has 110 valence electrons. The number of carboxylic acids is 1. The maximum atomic E-state index is 10.7. The van der Waals surface area contributed by atoms with Crippen LogP contribution in [0.2, 0.25) is 0 Å². The molecular weight excluding hydrogens is 262 g/mol. The molecule has 20 heavy (non-hydrogen) atoms. The van der Waals surface area contributed by atoms with E-state index in [2.05, 4.69) is 0 Å². The summed E-state index contributed by atoms with van der Waals surface area (Å²) in [7, 11) is 1.54. The molecule has 2 rings (SSSR count). The first-order valence-corrected chi connectivity index (χ1v) is 6.50. The average molecular weight is 281 g/mol. The Balaban J connectivity index is 2.12. The third-order valence-electron chi connectivity index (χ3n) is 3.19. The highest BCUT2D eigenvalue weighted by Gasteiger charge is 2.20. The van der Waals surface area contributed by atoms with Gasteiger partial charge in [-0.1, -0.05) is 6.07 Å². The maximum absolute atomic E-state index is 10.7. The Morgan fingerprint density at radius 3 is 2.95 bits per heavy atom. The third-order valence-corrected chi connectivity index (χ3v) is 3.19. The Labute approximate surface area is 117 Å². The Morgan fingerprint density at radius 1 is 1.55 bits per heavy atom. The van der Waals surface area contributed by atoms with E-state index >= 15 is 0 Å². The zero-order chi connectivity index (χ0) is 14.5. The van der Waals surface area contributed by atoms with Gasteiger partial charge in [-0.05, 0) is 17.7 Å². The van der Waals surface area contributed by atoms with Crippen molar-refractivity contribution in [3.63, 3.8) is 0 Å². The minimum absolute atomic E-state index is 0.0300. The molecule has 0 aromatic heterocycles. The molecule has 1 aliphatic rings. The fourth-order valence-electron chi connectivity index (χ4n) is 2.10. The number of nitrogens with two attached hydrogens (primary N) is 1. The maximum Gasteiger partial charge on any atom is 0.305 e. The molecule has 1 heterocycles. The molecule has 2 atom stereocenters. The van der Waals surface area contributed by atoms with Gasteiger partial charge in [-0.25, -0.2) is 0 Å². The predicted octanol–water partition coefficient (Wildman–Crippen LogP) is 1.34. The van der Waals surface area contributed by atoms with Crippen molar-refractivity contribution < 1.29 is 24.1 Å². The molecule has 0 bridgehead atoms. The van der Waals surface area contributed by atoms with Crippen LogP contribution in [0.5, 0.6) is 11.5 Å². The van der Waals surface area contributed by atoms with Gasteiger partial charge in [0.1, 0.15) is 6.10 Å². The number of benzene rings is 1. The molecule has 0 radical (unpaired) electrons. The van der Waals surface area contributed by atoms with E-state index in [0.717, 1.165) is 6.42 Å². The van der Waals surface area contributed by atoms with Crippen molar-refractivity contribution in [2.24, 2.45) is 5.73 Å². The fraction of sp³-hybridized carbons (Fsp3) is 0.500. The number of rotatable bonds is 6. The summed E-state index contributed by atoms with van der Waals surface area (Å²) in [5, 5.41) is 8.77. The Hall–Kier alpha value is -1.79. The lowest BCUT2D eigenvalue weighted by atomic mass is 10.0. The fourth-order valence-corrected chi connectivity index (χ4v) is 2.10. The quantitative estimate of drug-likeness (QED) is 0.817. The van der Waals surface area contributed by atoms with E-state index in [1.165, 1.54) is 0 Å². The summed E-state index contributed by atoms with van der Waals surface area (Å²) < 4.78 is 16.3. The van der Waals surface area contributed by atoms with Gasteiger partial charge in [-0.2, -0.15) is 0 Å². The number of ether oxygens (including phenoxy) is 3. The SMILES string of the molecule is COc1cc(C(N)CC(=O)O)ccc1OC1CCOC1. The third kappa shape index (κ3) is 3.61. The van der Waals surface area contributed by atoms with Gasteiger partial charge < -0.3 is 25.1 Å². The normalized spacial score (nSPS) is 19.6. The van der Waals surface area contributed by atoms with Crippen molar-refractivity contribution in [3.8, 4) is 11.5 Å². The van der Waals surface area contributed by atoms with E-state index < -0.39 is 12.0 Å². The van der Waals surface area contributed by atoms with Gasteiger partial charge in [0.15, 0.2) is 11.5 Å². The molecule has 3 N–H and O–H groups in total. The van der Waals surface area contributed by atoms with E-state index in [9.17, 15) is 4.79 Å². The topological polar surface area (TPSA) is 91.0 Å². The van der Waals surface area contributed by atoms with Gasteiger partial charge in [-0.15, -0.1) is 0 Å². The van der Waals surface area contributed by atoms with Crippen LogP contribution in [0.25, 0.3) is 0 Å². The standard InChI is InChI=1S/C14H19NO5/c1-18-13-6-9(11(15)7-14(16)17)2-3-12(13)20-10-4-5-19-8-10/h2-3,6,10-11H,4-5,7-8,15H2,1H3,(H,16,17). The first kappa shape index (κ1) is 14.6. The molecule has 1 fully saturated rings. The second-order valence-electron chi connectivity index (χ2n) is 4.72. The van der Waals surface area contributed by atoms with E-state index in [-0.39, 0.29) is 12.5 Å². The van der Waals surface area contributed by atoms with Crippen molar-refractivity contribution in [1.82, 2.24) is 0 Å². The van der Waals surface area contributed by atoms with E-state index in [0.29, 0.717) is 30.3 Å². The highest BCUT2D eigenvalue weighted by Crippen LogP contribution is 2.32. The smallest absolute Gasteiger partial charge is 0.305 e. The monoisotopic (exact) mass is 281 g/mol. The molecule has 1 aromatic carbocycles. The molecule has 1 saturated heterocycles. The Bertz CT molecular complexity index is 471. The average Bonchev–Trinajstić information content (AvgIpc) is 2.91. The molecule has 6 heteroatoms. The lowest BCUT2D eigenvalue weighted by Crippen LogP contribution is -2.17. The van der Waals surface area contributed by atoms with Gasteiger partial charge in [0.2, 0.25) is 0 Å². The summed E-state index contributed by atoms with van der Waals surface area (Å²) in [6.45, 7) is 1.28. The zero-order valence-corrected chi connectivity index (χ0v) is 11.4. The first-order valence-electron chi connectivity index (χ1n) is 6.50. The van der Waals surface area contributed by atoms with Crippen LogP contribution in [-0.2, 0) is 9.53 Å². The van der Waals surface area contributed by atoms with E-state index in [1.54, 1.807) is 25.3 Å². The molecule has 0 saturated carbocycles. The summed E-state index contributed by atoms with van der Waals surface area (Å²) in [4.78, 5) is 10.7. The summed E-state index contributed by atoms with van der Waals surface area (Å²) in [5.41, 5.74) is 6.54. The molecule has 2 unspecified atom stereocenters. The van der Waals surface area contributed by atoms with Crippen LogP contribution in [0.15, 0.2) is 18.2 Å². The van der Waals surface area contributed by atoms with Gasteiger partial charge in [0.05, 0.1) is 26.7 Å². The van der Waals surface area contributed by atoms with Gasteiger partial charge >= 0.3 is 5.97 Å². The van der Waals surface area contributed by atoms with Crippen LogP contribution in [0.4, 0.5) is 0 Å². The van der Waals surface area contributed by atoms with E-state index in [1.807, 2.05) is 0 Å². The lowest BCUT2D eigenvalue weighted by molar-refractivity contribution is -0.137. The second-order valence-corrected chi connectivity index (χ2v) is 4.72. The molecular formula is C14H19NO5. The van der Waals surface area contributed by atoms with Crippen molar-refractivity contribution in [2.45, 2.75) is 25.0 Å². The molecule has 0 aliphatic carbocycles. The second kappa shape index (κ2) is 6.58. The summed E-state index contributed by atoms with van der Waals surface area (Å²) in [6, 6.07) is 4.68. The van der Waals surface area contributed by atoms with Gasteiger partial charge in [-0.3, -0.25) is 4.79 Å². The van der Waals surface area contributed by atoms with Crippen molar-refractivity contribution in [3.05, 3.63) is 23.8 Å². The minimum Gasteiger partial charge on any atom is -0.493 e. The summed E-state index contributed by atoms with van der Waals surface area (Å²) >= 11 is 0. The largest absolute Gasteiger partial charge is 0.493 e. The molecule has 1 aliphatic heterocycles. The Morgan fingerprint density at radius 2 is 2.35 bits per heavy atom. The molecule has 1 aromatic rings. The highest BCUT2D eigenvalue weighted by molar-refractivity contribution is 5.68. The lowest BCUT2D eigenvalue weighted by Gasteiger charge is -2.17. The number of carbonyl (C=O) groups is 1. The number of hydrogen-bond donors (Lipinski definition) is 2. The predicted molar refractivity (Wildman–Crippen MR) is 72.0 cm³/mol. The Kier molecular flexibility index (Phi) is 4.81. The molecule has 0 amide bonds. The van der Waals surface area contributed by atoms with Crippen LogP contribution in [-0.4, -0.2) is 37.5 Å². The number of carboxylic acid groups (broad SMARTS) is 1. The van der Waals surface area contributed by atoms with E-state index in [4.69, 9.17) is 25.1 Å². The first-order chi connectivity index (χ1) is 9.60. The van der Waals surface area contributed by atoms with Gasteiger partial charge in [0, 0.05) is 12.5 Å². The summed E-state index contributed by atoms with van der Waals surface area (Å²) in [6.07, 6.45) is 0.755. The number of aliphatic carboxylic acids is 1. The molecule has 6 nitrogen and oxygen atoms in total.